The summed E-state index contributed by atoms with van der Waals surface area (Å²) in [6.45, 7) is 1.07. The quantitative estimate of drug-likeness (QED) is 0.916. The molecule has 0 atom stereocenters. The van der Waals surface area contributed by atoms with Crippen molar-refractivity contribution in [3.05, 3.63) is 29.1 Å². The fourth-order valence-electron chi connectivity index (χ4n) is 3.08. The van der Waals surface area contributed by atoms with Crippen molar-refractivity contribution in [2.75, 3.05) is 13.7 Å². The van der Waals surface area contributed by atoms with Crippen LogP contribution < -0.4 is 10.5 Å². The maximum absolute atomic E-state index is 14.1. The molecule has 2 N–H and O–H groups in total. The second-order valence-electron chi connectivity index (χ2n) is 5.62. The third kappa shape index (κ3) is 2.51. The molecule has 0 radical (unpaired) electrons. The number of methoxy groups -OCH3 is 1. The van der Waals surface area contributed by atoms with Crippen molar-refractivity contribution < 1.29 is 17.9 Å². The SMILES string of the molecule is COc1c(F)cc(C(C)(F)F)cc1C1(CN)CCCC1. The Kier molecular flexibility index (Phi) is 4.00. The molecule has 0 saturated heterocycles. The number of hydrogen-bond acceptors (Lipinski definition) is 2. The molecule has 112 valence electrons. The predicted molar refractivity (Wildman–Crippen MR) is 71.7 cm³/mol. The van der Waals surface area contributed by atoms with Crippen LogP contribution in [0, 0.1) is 5.82 Å². The van der Waals surface area contributed by atoms with Crippen LogP contribution in [0.25, 0.3) is 0 Å². The van der Waals surface area contributed by atoms with Gasteiger partial charge in [-0.3, -0.25) is 0 Å². The molecule has 0 amide bonds. The molecule has 5 heteroatoms. The van der Waals surface area contributed by atoms with E-state index in [1.807, 2.05) is 0 Å². The number of rotatable bonds is 4. The van der Waals surface area contributed by atoms with Crippen LogP contribution in [0.4, 0.5) is 13.2 Å². The smallest absolute Gasteiger partial charge is 0.270 e. The van der Waals surface area contributed by atoms with Gasteiger partial charge >= 0.3 is 0 Å². The molecule has 1 aromatic rings. The summed E-state index contributed by atoms with van der Waals surface area (Å²) in [7, 11) is 1.35. The lowest BCUT2D eigenvalue weighted by molar-refractivity contribution is 0.0169. The van der Waals surface area contributed by atoms with E-state index in [9.17, 15) is 13.2 Å². The molecule has 20 heavy (non-hydrogen) atoms. The molecule has 0 heterocycles. The summed E-state index contributed by atoms with van der Waals surface area (Å²) < 4.78 is 46.3. The molecule has 0 aromatic heterocycles. The monoisotopic (exact) mass is 287 g/mol. The Labute approximate surface area is 117 Å². The zero-order valence-corrected chi connectivity index (χ0v) is 11.8. The van der Waals surface area contributed by atoms with Crippen LogP contribution in [0.2, 0.25) is 0 Å². The number of halogens is 3. The number of nitrogens with two attached hydrogens (primary N) is 1. The van der Waals surface area contributed by atoms with E-state index in [4.69, 9.17) is 10.5 Å². The lowest BCUT2D eigenvalue weighted by atomic mass is 9.77. The summed E-state index contributed by atoms with van der Waals surface area (Å²) in [6.07, 6.45) is 3.49. The fourth-order valence-corrected chi connectivity index (χ4v) is 3.08. The van der Waals surface area contributed by atoms with Crippen LogP contribution >= 0.6 is 0 Å². The van der Waals surface area contributed by atoms with Gasteiger partial charge in [-0.25, -0.2) is 13.2 Å². The van der Waals surface area contributed by atoms with Crippen molar-refractivity contribution in [1.82, 2.24) is 0 Å². The highest BCUT2D eigenvalue weighted by atomic mass is 19.3. The minimum Gasteiger partial charge on any atom is -0.493 e. The molecule has 1 aliphatic carbocycles. The Morgan fingerprint density at radius 1 is 1.30 bits per heavy atom. The van der Waals surface area contributed by atoms with E-state index < -0.39 is 17.2 Å². The van der Waals surface area contributed by atoms with E-state index in [2.05, 4.69) is 0 Å². The first-order chi connectivity index (χ1) is 9.34. The van der Waals surface area contributed by atoms with Crippen LogP contribution in [-0.4, -0.2) is 13.7 Å². The summed E-state index contributed by atoms with van der Waals surface area (Å²) in [5, 5.41) is 0. The lowest BCUT2D eigenvalue weighted by Gasteiger charge is -2.30. The van der Waals surface area contributed by atoms with Gasteiger partial charge in [0.05, 0.1) is 7.11 Å². The first-order valence-corrected chi connectivity index (χ1v) is 6.80. The van der Waals surface area contributed by atoms with Crippen molar-refractivity contribution in [2.24, 2.45) is 5.73 Å². The van der Waals surface area contributed by atoms with Gasteiger partial charge in [-0.15, -0.1) is 0 Å². The Hall–Kier alpha value is -1.23. The molecule has 2 nitrogen and oxygen atoms in total. The van der Waals surface area contributed by atoms with E-state index >= 15 is 0 Å². The molecular weight excluding hydrogens is 267 g/mol. The highest BCUT2D eigenvalue weighted by Crippen LogP contribution is 2.46. The van der Waals surface area contributed by atoms with E-state index in [0.29, 0.717) is 12.1 Å². The predicted octanol–water partition coefficient (Wildman–Crippen LogP) is 3.72. The minimum absolute atomic E-state index is 0.0466. The van der Waals surface area contributed by atoms with Crippen LogP contribution in [0.3, 0.4) is 0 Å². The van der Waals surface area contributed by atoms with Crippen LogP contribution in [0.1, 0.15) is 43.7 Å². The van der Waals surface area contributed by atoms with Gasteiger partial charge in [-0.05, 0) is 25.0 Å². The lowest BCUT2D eigenvalue weighted by Crippen LogP contribution is -2.33. The standard InChI is InChI=1S/C15H20F3NO/c1-14(17,18)10-7-11(13(20-2)12(16)8-10)15(9-19)5-3-4-6-15/h7-8H,3-6,9,19H2,1-2H3. The second kappa shape index (κ2) is 5.28. The zero-order valence-electron chi connectivity index (χ0n) is 11.8. The second-order valence-corrected chi connectivity index (χ2v) is 5.62. The van der Waals surface area contributed by atoms with Crippen molar-refractivity contribution in [1.29, 1.82) is 0 Å². The number of alkyl halides is 2. The highest BCUT2D eigenvalue weighted by molar-refractivity contribution is 5.45. The van der Waals surface area contributed by atoms with Crippen LogP contribution in [0.5, 0.6) is 5.75 Å². The van der Waals surface area contributed by atoms with Gasteiger partial charge in [0, 0.05) is 30.0 Å². The Bertz CT molecular complexity index is 491. The molecule has 1 aliphatic rings. The normalized spacial score (nSPS) is 18.3. The Morgan fingerprint density at radius 2 is 1.90 bits per heavy atom. The summed E-state index contributed by atoms with van der Waals surface area (Å²) in [5.41, 5.74) is 5.57. The first-order valence-electron chi connectivity index (χ1n) is 6.80. The van der Waals surface area contributed by atoms with E-state index in [0.717, 1.165) is 38.7 Å². The van der Waals surface area contributed by atoms with Gasteiger partial charge in [0.2, 0.25) is 0 Å². The van der Waals surface area contributed by atoms with Gasteiger partial charge in [-0.2, -0.15) is 0 Å². The van der Waals surface area contributed by atoms with Gasteiger partial charge in [0.25, 0.3) is 5.92 Å². The van der Waals surface area contributed by atoms with Gasteiger partial charge < -0.3 is 10.5 Å². The molecule has 0 aliphatic heterocycles. The fraction of sp³-hybridized carbons (Fsp3) is 0.600. The summed E-state index contributed by atoms with van der Waals surface area (Å²) in [4.78, 5) is 0. The minimum atomic E-state index is -3.09. The number of benzene rings is 1. The molecule has 1 saturated carbocycles. The summed E-state index contributed by atoms with van der Waals surface area (Å²) >= 11 is 0. The van der Waals surface area contributed by atoms with E-state index in [1.54, 1.807) is 0 Å². The average Bonchev–Trinajstić information content (AvgIpc) is 2.86. The maximum atomic E-state index is 14.1. The number of hydrogen-bond donors (Lipinski definition) is 1. The largest absolute Gasteiger partial charge is 0.493 e. The average molecular weight is 287 g/mol. The molecule has 2 rings (SSSR count). The molecule has 1 aromatic carbocycles. The zero-order chi connectivity index (χ0) is 15.0. The molecule has 0 bridgehead atoms. The summed E-state index contributed by atoms with van der Waals surface area (Å²) in [5.74, 6) is -3.79. The Balaban J connectivity index is 2.63. The van der Waals surface area contributed by atoms with Crippen molar-refractivity contribution in [3.63, 3.8) is 0 Å². The van der Waals surface area contributed by atoms with Gasteiger partial charge in [0.1, 0.15) is 0 Å². The van der Waals surface area contributed by atoms with Gasteiger partial charge in [0.15, 0.2) is 11.6 Å². The summed E-state index contributed by atoms with van der Waals surface area (Å²) in [6, 6.07) is 2.21. The number of ether oxygens (including phenoxy) is 1. The van der Waals surface area contributed by atoms with Crippen LogP contribution in [0.15, 0.2) is 12.1 Å². The maximum Gasteiger partial charge on any atom is 0.270 e. The van der Waals surface area contributed by atoms with Crippen molar-refractivity contribution >= 4 is 0 Å². The third-order valence-electron chi connectivity index (χ3n) is 4.28. The molecular formula is C15H20F3NO. The topological polar surface area (TPSA) is 35.2 Å². The van der Waals surface area contributed by atoms with E-state index in [-0.39, 0.29) is 11.3 Å². The first kappa shape index (κ1) is 15.2. The molecule has 0 spiro atoms. The van der Waals surface area contributed by atoms with Crippen LogP contribution in [-0.2, 0) is 11.3 Å². The van der Waals surface area contributed by atoms with Crippen molar-refractivity contribution in [3.8, 4) is 5.75 Å². The van der Waals surface area contributed by atoms with Gasteiger partial charge in [-0.1, -0.05) is 12.8 Å². The molecule has 0 unspecified atom stereocenters. The highest BCUT2D eigenvalue weighted by Gasteiger charge is 2.39. The Morgan fingerprint density at radius 3 is 2.35 bits per heavy atom. The third-order valence-corrected chi connectivity index (χ3v) is 4.28. The van der Waals surface area contributed by atoms with E-state index in [1.165, 1.54) is 13.2 Å². The van der Waals surface area contributed by atoms with Crippen molar-refractivity contribution in [2.45, 2.75) is 43.9 Å². The molecule has 1 fully saturated rings.